The summed E-state index contributed by atoms with van der Waals surface area (Å²) in [6.07, 6.45) is -2.35. The molecule has 1 amide bonds. The van der Waals surface area contributed by atoms with E-state index in [0.29, 0.717) is 46.0 Å². The number of fused-ring (bicyclic) bond motifs is 1. The quantitative estimate of drug-likeness (QED) is 0.348. The van der Waals surface area contributed by atoms with Gasteiger partial charge in [-0.3, -0.25) is 14.3 Å². The van der Waals surface area contributed by atoms with Crippen LogP contribution in [0.3, 0.4) is 0 Å². The van der Waals surface area contributed by atoms with Crippen molar-refractivity contribution >= 4 is 28.2 Å². The maximum Gasteiger partial charge on any atom is 0.413 e. The molecule has 6 rings (SSSR count). The molecule has 1 N–H and O–H groups in total. The summed E-state index contributed by atoms with van der Waals surface area (Å²) >= 11 is 0. The second kappa shape index (κ2) is 9.14. The van der Waals surface area contributed by atoms with Crippen molar-refractivity contribution in [2.75, 3.05) is 23.3 Å². The second-order valence-electron chi connectivity index (χ2n) is 10.3. The summed E-state index contributed by atoms with van der Waals surface area (Å²) < 4.78 is 71.6. The van der Waals surface area contributed by atoms with Crippen LogP contribution in [-0.4, -0.2) is 44.7 Å². The predicted octanol–water partition coefficient (Wildman–Crippen LogP) is 5.01. The summed E-state index contributed by atoms with van der Waals surface area (Å²) in [6, 6.07) is 8.23. The van der Waals surface area contributed by atoms with E-state index in [0.717, 1.165) is 41.4 Å². The standard InChI is InChI=1S/C27H23F5N6O2/c1-15-9-12-36(13-15)23-16-14-37(26(10-11-26)27(30,31)32)34-19(16)5-6-20(23)33-25(40)21-7-8-22(39)38(35-21)24-17(28)3-2-4-18(24)29/h2-8,14-15H,9-13H2,1H3,(H,33,40)/t15-/m0/s1. The number of carbonyl (C=O) groups is 1. The van der Waals surface area contributed by atoms with Crippen LogP contribution in [0.1, 0.15) is 36.7 Å². The summed E-state index contributed by atoms with van der Waals surface area (Å²) in [5.41, 5.74) is -2.73. The van der Waals surface area contributed by atoms with Gasteiger partial charge in [-0.15, -0.1) is 0 Å². The molecule has 13 heteroatoms. The molecule has 2 aliphatic rings. The average Bonchev–Trinajstić information content (AvgIpc) is 3.45. The number of nitrogens with one attached hydrogen (secondary N) is 1. The molecule has 1 saturated heterocycles. The molecule has 8 nitrogen and oxygen atoms in total. The van der Waals surface area contributed by atoms with Gasteiger partial charge in [0.15, 0.2) is 17.2 Å². The summed E-state index contributed by atoms with van der Waals surface area (Å²) in [7, 11) is 0. The normalized spacial score (nSPS) is 18.4. The highest BCUT2D eigenvalue weighted by atomic mass is 19.4. The highest BCUT2D eigenvalue weighted by Crippen LogP contribution is 2.55. The third kappa shape index (κ3) is 4.20. The van der Waals surface area contributed by atoms with Gasteiger partial charge < -0.3 is 10.2 Å². The predicted molar refractivity (Wildman–Crippen MR) is 137 cm³/mol. The van der Waals surface area contributed by atoms with Crippen LogP contribution in [0.5, 0.6) is 0 Å². The van der Waals surface area contributed by atoms with Crippen LogP contribution in [0, 0.1) is 17.6 Å². The van der Waals surface area contributed by atoms with Gasteiger partial charge >= 0.3 is 6.18 Å². The van der Waals surface area contributed by atoms with Gasteiger partial charge in [0.25, 0.3) is 11.5 Å². The van der Waals surface area contributed by atoms with Gasteiger partial charge in [0.1, 0.15) is 11.4 Å². The van der Waals surface area contributed by atoms with E-state index in [-0.39, 0.29) is 18.5 Å². The third-order valence-electron chi connectivity index (χ3n) is 7.52. The number of hydrogen-bond acceptors (Lipinski definition) is 5. The zero-order chi connectivity index (χ0) is 28.4. The number of rotatable bonds is 5. The lowest BCUT2D eigenvalue weighted by molar-refractivity contribution is -0.182. The van der Waals surface area contributed by atoms with Crippen LogP contribution in [-0.2, 0) is 5.54 Å². The Morgan fingerprint density at radius 1 is 1.02 bits per heavy atom. The lowest BCUT2D eigenvalue weighted by atomic mass is 10.1. The Morgan fingerprint density at radius 3 is 2.38 bits per heavy atom. The van der Waals surface area contributed by atoms with Gasteiger partial charge in [-0.25, -0.2) is 8.78 Å². The maximum absolute atomic E-state index is 14.3. The number of nitrogens with zero attached hydrogens (tertiary/aromatic N) is 5. The molecule has 1 aliphatic heterocycles. The van der Waals surface area contributed by atoms with Crippen LogP contribution in [0.4, 0.5) is 33.3 Å². The van der Waals surface area contributed by atoms with Gasteiger partial charge in [0.2, 0.25) is 0 Å². The molecule has 0 radical (unpaired) electrons. The highest BCUT2D eigenvalue weighted by molar-refractivity contribution is 6.08. The number of carbonyl (C=O) groups excluding carboxylic acids is 1. The Hall–Kier alpha value is -4.29. The fourth-order valence-electron chi connectivity index (χ4n) is 5.21. The van der Waals surface area contributed by atoms with E-state index >= 15 is 0 Å². The molecule has 1 atom stereocenters. The number of aromatic nitrogens is 4. The van der Waals surface area contributed by atoms with Crippen molar-refractivity contribution in [3.63, 3.8) is 0 Å². The molecule has 1 saturated carbocycles. The van der Waals surface area contributed by atoms with Crippen LogP contribution >= 0.6 is 0 Å². The van der Waals surface area contributed by atoms with Crippen molar-refractivity contribution in [1.29, 1.82) is 0 Å². The summed E-state index contributed by atoms with van der Waals surface area (Å²) in [5, 5.41) is 11.3. The van der Waals surface area contributed by atoms with E-state index < -0.39 is 40.5 Å². The molecule has 208 valence electrons. The number of benzene rings is 2. The van der Waals surface area contributed by atoms with Crippen LogP contribution in [0.25, 0.3) is 16.6 Å². The largest absolute Gasteiger partial charge is 0.413 e. The Bertz CT molecular complexity index is 1690. The van der Waals surface area contributed by atoms with Gasteiger partial charge in [-0.1, -0.05) is 13.0 Å². The highest BCUT2D eigenvalue weighted by Gasteiger charge is 2.65. The Balaban J connectivity index is 1.41. The van der Waals surface area contributed by atoms with Gasteiger partial charge in [0, 0.05) is 30.7 Å². The second-order valence-corrected chi connectivity index (χ2v) is 10.3. The Kier molecular flexibility index (Phi) is 5.93. The zero-order valence-corrected chi connectivity index (χ0v) is 21.2. The van der Waals surface area contributed by atoms with Crippen LogP contribution < -0.4 is 15.8 Å². The monoisotopic (exact) mass is 558 g/mol. The molecule has 0 unspecified atom stereocenters. The summed E-state index contributed by atoms with van der Waals surface area (Å²) in [6.45, 7) is 3.29. The van der Waals surface area contributed by atoms with Crippen molar-refractivity contribution in [3.05, 3.63) is 76.3 Å². The minimum atomic E-state index is -4.46. The van der Waals surface area contributed by atoms with Crippen LogP contribution in [0.15, 0.2) is 53.5 Å². The average molecular weight is 559 g/mol. The van der Waals surface area contributed by atoms with E-state index in [4.69, 9.17) is 0 Å². The molecular weight excluding hydrogens is 535 g/mol. The molecule has 4 aromatic rings. The van der Waals surface area contributed by atoms with Crippen molar-refractivity contribution in [1.82, 2.24) is 19.6 Å². The van der Waals surface area contributed by atoms with E-state index in [1.807, 2.05) is 4.90 Å². The van der Waals surface area contributed by atoms with E-state index in [2.05, 4.69) is 22.4 Å². The fourth-order valence-corrected chi connectivity index (χ4v) is 5.21. The number of amides is 1. The number of hydrogen-bond donors (Lipinski definition) is 1. The van der Waals surface area contributed by atoms with Crippen molar-refractivity contribution in [2.45, 2.75) is 37.9 Å². The lowest BCUT2D eigenvalue weighted by Gasteiger charge is -2.23. The molecule has 0 spiro atoms. The molecule has 2 aromatic heterocycles. The molecule has 2 aromatic carbocycles. The topological polar surface area (TPSA) is 85.1 Å². The maximum atomic E-state index is 14.3. The summed E-state index contributed by atoms with van der Waals surface area (Å²) in [5.74, 6) is -2.53. The van der Waals surface area contributed by atoms with Gasteiger partial charge in [0.05, 0.1) is 16.9 Å². The molecule has 1 aliphatic carbocycles. The number of halogens is 5. The van der Waals surface area contributed by atoms with Crippen molar-refractivity contribution < 1.29 is 26.7 Å². The van der Waals surface area contributed by atoms with Crippen molar-refractivity contribution in [3.8, 4) is 5.69 Å². The first kappa shape index (κ1) is 26.0. The SMILES string of the molecule is C[C@H]1CCN(c2c(NC(=O)c3ccc(=O)n(-c4c(F)cccc4F)n3)ccc3nn(C4(C(F)(F)F)CC4)cc23)C1. The number of para-hydroxylation sites is 1. The number of anilines is 2. The Labute approximate surface area is 224 Å². The first-order chi connectivity index (χ1) is 19.0. The first-order valence-electron chi connectivity index (χ1n) is 12.7. The fraction of sp³-hybridized carbons (Fsp3) is 0.333. The minimum Gasteiger partial charge on any atom is -0.369 e. The minimum absolute atomic E-state index is 0.0614. The van der Waals surface area contributed by atoms with E-state index in [1.54, 1.807) is 6.07 Å². The molecular formula is C27H23F5N6O2. The van der Waals surface area contributed by atoms with Gasteiger partial charge in [-0.2, -0.15) is 28.1 Å². The summed E-state index contributed by atoms with van der Waals surface area (Å²) in [4.78, 5) is 27.6. The lowest BCUT2D eigenvalue weighted by Crippen LogP contribution is -2.35. The van der Waals surface area contributed by atoms with Crippen LogP contribution in [0.2, 0.25) is 0 Å². The van der Waals surface area contributed by atoms with Crippen molar-refractivity contribution in [2.24, 2.45) is 5.92 Å². The zero-order valence-electron chi connectivity index (χ0n) is 21.2. The van der Waals surface area contributed by atoms with E-state index in [1.165, 1.54) is 12.3 Å². The van der Waals surface area contributed by atoms with E-state index in [9.17, 15) is 31.5 Å². The molecule has 40 heavy (non-hydrogen) atoms. The smallest absolute Gasteiger partial charge is 0.369 e. The molecule has 0 bridgehead atoms. The first-order valence-corrected chi connectivity index (χ1v) is 12.7. The molecule has 2 fully saturated rings. The Morgan fingerprint density at radius 2 is 1.75 bits per heavy atom. The number of alkyl halides is 3. The van der Waals surface area contributed by atoms with Gasteiger partial charge in [-0.05, 0) is 55.5 Å². The molecule has 3 heterocycles. The third-order valence-corrected chi connectivity index (χ3v) is 7.52.